The van der Waals surface area contributed by atoms with Gasteiger partial charge in [0.25, 0.3) is 10.0 Å². The maximum absolute atomic E-state index is 13.2. The molecule has 0 heterocycles. The maximum atomic E-state index is 13.2. The second kappa shape index (κ2) is 10.2. The quantitative estimate of drug-likeness (QED) is 0.545. The summed E-state index contributed by atoms with van der Waals surface area (Å²) in [7, 11) is -3.82. The number of sulfonamides is 1. The van der Waals surface area contributed by atoms with Crippen LogP contribution in [0, 0.1) is 12.7 Å². The highest BCUT2D eigenvalue weighted by Gasteiger charge is 2.25. The first-order valence-electron chi connectivity index (χ1n) is 10.0. The van der Waals surface area contributed by atoms with E-state index in [1.165, 1.54) is 16.4 Å². The highest BCUT2D eigenvalue weighted by molar-refractivity contribution is 7.92. The molecule has 0 fully saturated rings. The van der Waals surface area contributed by atoms with Crippen molar-refractivity contribution in [2.75, 3.05) is 17.4 Å². The van der Waals surface area contributed by atoms with Gasteiger partial charge in [-0.3, -0.25) is 9.10 Å². The van der Waals surface area contributed by atoms with Crippen molar-refractivity contribution >= 4 is 21.6 Å². The zero-order chi connectivity index (χ0) is 22.3. The number of carbonyl (C=O) groups excluding carboxylic acids is 1. The van der Waals surface area contributed by atoms with Crippen LogP contribution in [-0.4, -0.2) is 27.4 Å². The van der Waals surface area contributed by atoms with Crippen LogP contribution in [0.2, 0.25) is 0 Å². The highest BCUT2D eigenvalue weighted by Crippen LogP contribution is 2.24. The first-order valence-corrected chi connectivity index (χ1v) is 11.5. The summed E-state index contributed by atoms with van der Waals surface area (Å²) in [5, 5.41) is 2.80. The Morgan fingerprint density at radius 1 is 0.935 bits per heavy atom. The number of carbonyl (C=O) groups is 1. The number of halogens is 1. The molecule has 31 heavy (non-hydrogen) atoms. The fraction of sp³-hybridized carbons (Fsp3) is 0.208. The van der Waals surface area contributed by atoms with Crippen LogP contribution in [-0.2, 0) is 21.2 Å². The number of hydrogen-bond acceptors (Lipinski definition) is 3. The molecule has 0 atom stereocenters. The molecule has 0 aliphatic carbocycles. The van der Waals surface area contributed by atoms with Crippen LogP contribution in [0.15, 0.2) is 83.8 Å². The van der Waals surface area contributed by atoms with Crippen LogP contribution in [0.1, 0.15) is 17.5 Å². The van der Waals surface area contributed by atoms with E-state index in [9.17, 15) is 17.6 Å². The Kier molecular flexibility index (Phi) is 7.41. The Hall–Kier alpha value is -3.19. The summed E-state index contributed by atoms with van der Waals surface area (Å²) < 4.78 is 40.7. The number of benzene rings is 3. The van der Waals surface area contributed by atoms with Gasteiger partial charge in [-0.15, -0.1) is 0 Å². The molecule has 3 aromatic carbocycles. The Bertz CT molecular complexity index is 1100. The van der Waals surface area contributed by atoms with Crippen molar-refractivity contribution in [2.24, 2.45) is 0 Å². The van der Waals surface area contributed by atoms with Crippen molar-refractivity contribution in [2.45, 2.75) is 24.7 Å². The normalized spacial score (nSPS) is 11.2. The van der Waals surface area contributed by atoms with E-state index >= 15 is 0 Å². The van der Waals surface area contributed by atoms with E-state index in [4.69, 9.17) is 0 Å². The average molecular weight is 441 g/mol. The topological polar surface area (TPSA) is 66.5 Å². The van der Waals surface area contributed by atoms with Crippen LogP contribution in [0.5, 0.6) is 0 Å². The molecule has 0 spiro atoms. The van der Waals surface area contributed by atoms with Crippen molar-refractivity contribution < 1.29 is 17.6 Å². The Balaban J connectivity index is 1.66. The monoisotopic (exact) mass is 440 g/mol. The summed E-state index contributed by atoms with van der Waals surface area (Å²) in [6.07, 6.45) is 0.583. The molecule has 7 heteroatoms. The van der Waals surface area contributed by atoms with Gasteiger partial charge in [-0.25, -0.2) is 12.8 Å². The minimum atomic E-state index is -3.82. The lowest BCUT2D eigenvalue weighted by molar-refractivity contribution is -0.120. The smallest absolute Gasteiger partial charge is 0.264 e. The van der Waals surface area contributed by atoms with Gasteiger partial charge in [0.2, 0.25) is 5.91 Å². The molecule has 0 bridgehead atoms. The SMILES string of the molecule is Cc1ccc(S(=O)(=O)N(CCC(=O)NCCc2ccc(F)cc2)c2ccccc2)cc1. The van der Waals surface area contributed by atoms with E-state index in [0.29, 0.717) is 18.7 Å². The lowest BCUT2D eigenvalue weighted by atomic mass is 10.1. The van der Waals surface area contributed by atoms with Crippen LogP contribution in [0.25, 0.3) is 0 Å². The predicted octanol–water partition coefficient (Wildman–Crippen LogP) is 4.08. The van der Waals surface area contributed by atoms with Crippen LogP contribution in [0.4, 0.5) is 10.1 Å². The summed E-state index contributed by atoms with van der Waals surface area (Å²) in [6.45, 7) is 2.30. The molecule has 0 aliphatic rings. The fourth-order valence-electron chi connectivity index (χ4n) is 3.11. The van der Waals surface area contributed by atoms with Gasteiger partial charge in [0.05, 0.1) is 10.6 Å². The highest BCUT2D eigenvalue weighted by atomic mass is 32.2. The van der Waals surface area contributed by atoms with Crippen LogP contribution >= 0.6 is 0 Å². The molecule has 3 aromatic rings. The molecule has 0 saturated carbocycles. The van der Waals surface area contributed by atoms with Gasteiger partial charge in [-0.1, -0.05) is 48.0 Å². The van der Waals surface area contributed by atoms with E-state index in [2.05, 4.69) is 5.32 Å². The van der Waals surface area contributed by atoms with Crippen molar-refractivity contribution in [3.63, 3.8) is 0 Å². The third-order valence-electron chi connectivity index (χ3n) is 4.84. The number of nitrogens with one attached hydrogen (secondary N) is 1. The summed E-state index contributed by atoms with van der Waals surface area (Å²) in [6, 6.07) is 21.5. The van der Waals surface area contributed by atoms with Crippen LogP contribution < -0.4 is 9.62 Å². The van der Waals surface area contributed by atoms with Gasteiger partial charge in [0, 0.05) is 19.5 Å². The molecule has 3 rings (SSSR count). The standard InChI is InChI=1S/C24H25FN2O3S/c1-19-7-13-23(14-8-19)31(29,30)27(22-5-3-2-4-6-22)18-16-24(28)26-17-15-20-9-11-21(25)12-10-20/h2-14H,15-18H2,1H3,(H,26,28). The Morgan fingerprint density at radius 3 is 2.23 bits per heavy atom. The van der Waals surface area contributed by atoms with Crippen LogP contribution in [0.3, 0.4) is 0 Å². The molecule has 0 radical (unpaired) electrons. The van der Waals surface area contributed by atoms with E-state index < -0.39 is 10.0 Å². The molecule has 1 N–H and O–H groups in total. The Morgan fingerprint density at radius 2 is 1.58 bits per heavy atom. The summed E-state index contributed by atoms with van der Waals surface area (Å²) in [5.41, 5.74) is 2.38. The zero-order valence-corrected chi connectivity index (χ0v) is 18.1. The van der Waals surface area contributed by atoms with Gasteiger partial charge in [0.1, 0.15) is 5.82 Å². The fourth-order valence-corrected chi connectivity index (χ4v) is 4.57. The number of rotatable bonds is 9. The third-order valence-corrected chi connectivity index (χ3v) is 6.69. The van der Waals surface area contributed by atoms with E-state index in [-0.39, 0.29) is 29.6 Å². The number of anilines is 1. The summed E-state index contributed by atoms with van der Waals surface area (Å²) in [4.78, 5) is 12.5. The van der Waals surface area contributed by atoms with Crippen molar-refractivity contribution in [1.29, 1.82) is 0 Å². The zero-order valence-electron chi connectivity index (χ0n) is 17.3. The minimum Gasteiger partial charge on any atom is -0.356 e. The van der Waals surface area contributed by atoms with Crippen molar-refractivity contribution in [1.82, 2.24) is 5.32 Å². The Labute approximate surface area is 182 Å². The average Bonchev–Trinajstić information content (AvgIpc) is 2.76. The van der Waals surface area contributed by atoms with E-state index in [0.717, 1.165) is 11.1 Å². The number of aryl methyl sites for hydroxylation is 1. The molecule has 162 valence electrons. The molecule has 0 saturated heterocycles. The number of para-hydroxylation sites is 1. The predicted molar refractivity (Wildman–Crippen MR) is 120 cm³/mol. The van der Waals surface area contributed by atoms with Gasteiger partial charge < -0.3 is 5.32 Å². The molecule has 5 nitrogen and oxygen atoms in total. The number of hydrogen-bond donors (Lipinski definition) is 1. The van der Waals surface area contributed by atoms with E-state index in [1.54, 1.807) is 60.7 Å². The second-order valence-corrected chi connectivity index (χ2v) is 9.06. The van der Waals surface area contributed by atoms with Gasteiger partial charge in [0.15, 0.2) is 0 Å². The molecular weight excluding hydrogens is 415 g/mol. The summed E-state index contributed by atoms with van der Waals surface area (Å²) >= 11 is 0. The second-order valence-electron chi connectivity index (χ2n) is 7.20. The van der Waals surface area contributed by atoms with E-state index in [1.807, 2.05) is 13.0 Å². The molecule has 0 unspecified atom stereocenters. The molecular formula is C24H25FN2O3S. The first kappa shape index (κ1) is 22.5. The summed E-state index contributed by atoms with van der Waals surface area (Å²) in [5.74, 6) is -0.550. The van der Waals surface area contributed by atoms with Gasteiger partial charge in [-0.2, -0.15) is 0 Å². The van der Waals surface area contributed by atoms with Gasteiger partial charge in [-0.05, 0) is 55.3 Å². The third kappa shape index (κ3) is 6.15. The van der Waals surface area contributed by atoms with Crippen molar-refractivity contribution in [3.05, 3.63) is 95.8 Å². The maximum Gasteiger partial charge on any atom is 0.264 e. The number of amides is 1. The minimum absolute atomic E-state index is 0.0165. The molecule has 0 aromatic heterocycles. The molecule has 1 amide bonds. The largest absolute Gasteiger partial charge is 0.356 e. The first-order chi connectivity index (χ1) is 14.9. The lowest BCUT2D eigenvalue weighted by Crippen LogP contribution is -2.35. The van der Waals surface area contributed by atoms with Crippen molar-refractivity contribution in [3.8, 4) is 0 Å². The van der Waals surface area contributed by atoms with Gasteiger partial charge >= 0.3 is 0 Å². The lowest BCUT2D eigenvalue weighted by Gasteiger charge is -2.24. The number of nitrogens with zero attached hydrogens (tertiary/aromatic N) is 1. The molecule has 0 aliphatic heterocycles.